The third-order valence-electron chi connectivity index (χ3n) is 4.48. The second-order valence-corrected chi connectivity index (χ2v) is 7.37. The molecule has 0 radical (unpaired) electrons. The first-order valence-corrected chi connectivity index (χ1v) is 10.8. The molecular weight excluding hydrogens is 404 g/mol. The number of imide groups is 1. The standard InChI is InChI=1S/C19H30N4O6.C2H6.3H2/c1-12(2)14(24)6-7-20-16(26)10-22-17(27)11-21-15(25)5-4-8-23-18(28)9-13(3)19(23)29;1-2;;;/h12-13H,4-11H2,1-3H3,(H,20,26)(H,21,25)(H,22,27);1-2H3;3*1H. The Hall–Kier alpha value is -2.78. The summed E-state index contributed by atoms with van der Waals surface area (Å²) in [5.74, 6) is -2.13. The molecule has 1 unspecified atom stereocenters. The molecular formula is C21H42N4O6. The summed E-state index contributed by atoms with van der Waals surface area (Å²) in [6.45, 7) is 9.12. The Balaban J connectivity index is -0.000000875. The maximum Gasteiger partial charge on any atom is 0.239 e. The fraction of sp³-hybridized carbons (Fsp3) is 0.714. The van der Waals surface area contributed by atoms with E-state index in [2.05, 4.69) is 16.0 Å². The number of rotatable bonds is 12. The van der Waals surface area contributed by atoms with Gasteiger partial charge in [-0.05, 0) is 6.42 Å². The van der Waals surface area contributed by atoms with Crippen LogP contribution in [-0.4, -0.2) is 66.4 Å². The number of hydrogen-bond acceptors (Lipinski definition) is 6. The van der Waals surface area contributed by atoms with Gasteiger partial charge in [-0.1, -0.05) is 34.6 Å². The molecule has 1 atom stereocenters. The molecule has 1 heterocycles. The maximum absolute atomic E-state index is 11.8. The lowest BCUT2D eigenvalue weighted by Gasteiger charge is -2.13. The van der Waals surface area contributed by atoms with Gasteiger partial charge in [0, 0.05) is 48.5 Å². The van der Waals surface area contributed by atoms with E-state index in [0.717, 1.165) is 4.90 Å². The molecule has 5 amide bonds. The Kier molecular flexibility index (Phi) is 13.7. The topological polar surface area (TPSA) is 142 Å². The molecule has 1 fully saturated rings. The molecule has 0 saturated carbocycles. The SMILES string of the molecule is CC.CC(C)C(=O)CCNC(=O)CNC(=O)CNC(=O)CCCN1C(=O)CC(C)C1=O.[HH].[HH].[HH]. The van der Waals surface area contributed by atoms with Gasteiger partial charge in [0.2, 0.25) is 29.5 Å². The van der Waals surface area contributed by atoms with E-state index in [1.54, 1.807) is 20.8 Å². The van der Waals surface area contributed by atoms with Crippen LogP contribution >= 0.6 is 0 Å². The molecule has 1 saturated heterocycles. The number of carbonyl (C=O) groups excluding carboxylic acids is 6. The fourth-order valence-electron chi connectivity index (χ4n) is 2.67. The number of amides is 5. The summed E-state index contributed by atoms with van der Waals surface area (Å²) in [6, 6.07) is 0. The van der Waals surface area contributed by atoms with E-state index in [1.807, 2.05) is 13.8 Å². The van der Waals surface area contributed by atoms with Crippen molar-refractivity contribution < 1.29 is 33.0 Å². The van der Waals surface area contributed by atoms with Crippen LogP contribution in [-0.2, 0) is 28.8 Å². The van der Waals surface area contributed by atoms with Gasteiger partial charge < -0.3 is 16.0 Å². The highest BCUT2D eigenvalue weighted by molar-refractivity contribution is 6.03. The van der Waals surface area contributed by atoms with E-state index in [0.29, 0.717) is 6.42 Å². The number of carbonyl (C=O) groups is 6. The normalized spacial score (nSPS) is 15.3. The number of likely N-dealkylation sites (tertiary alicyclic amines) is 1. The molecule has 1 aliphatic rings. The summed E-state index contributed by atoms with van der Waals surface area (Å²) in [5.41, 5.74) is 0. The first-order valence-electron chi connectivity index (χ1n) is 10.8. The Labute approximate surface area is 188 Å². The van der Waals surface area contributed by atoms with Crippen molar-refractivity contribution in [1.29, 1.82) is 0 Å². The van der Waals surface area contributed by atoms with Crippen LogP contribution in [0.15, 0.2) is 0 Å². The van der Waals surface area contributed by atoms with Crippen LogP contribution in [0, 0.1) is 11.8 Å². The zero-order valence-corrected chi connectivity index (χ0v) is 19.2. The molecule has 10 heteroatoms. The van der Waals surface area contributed by atoms with Crippen molar-refractivity contribution in [2.45, 2.75) is 60.3 Å². The van der Waals surface area contributed by atoms with Crippen LogP contribution in [0.5, 0.6) is 0 Å². The van der Waals surface area contributed by atoms with Gasteiger partial charge in [0.25, 0.3) is 0 Å². The number of Topliss-reactive ketones (excluding diaryl/α,β-unsaturated/α-hetero) is 1. The minimum atomic E-state index is -0.523. The molecule has 10 nitrogen and oxygen atoms in total. The number of nitrogens with one attached hydrogen (secondary N) is 3. The zero-order valence-electron chi connectivity index (χ0n) is 19.2. The van der Waals surface area contributed by atoms with Gasteiger partial charge in [0.05, 0.1) is 13.1 Å². The Morgan fingerprint density at radius 2 is 1.52 bits per heavy atom. The predicted molar refractivity (Wildman–Crippen MR) is 121 cm³/mol. The molecule has 0 aromatic carbocycles. The molecule has 1 rings (SSSR count). The van der Waals surface area contributed by atoms with E-state index in [9.17, 15) is 28.8 Å². The highest BCUT2D eigenvalue weighted by Crippen LogP contribution is 2.18. The van der Waals surface area contributed by atoms with Crippen LogP contribution < -0.4 is 16.0 Å². The van der Waals surface area contributed by atoms with E-state index in [1.165, 1.54) is 0 Å². The highest BCUT2D eigenvalue weighted by atomic mass is 16.2. The highest BCUT2D eigenvalue weighted by Gasteiger charge is 2.34. The van der Waals surface area contributed by atoms with Crippen molar-refractivity contribution in [2.75, 3.05) is 26.2 Å². The predicted octanol–water partition coefficient (Wildman–Crippen LogP) is 0.890. The lowest BCUT2D eigenvalue weighted by atomic mass is 10.1. The van der Waals surface area contributed by atoms with E-state index in [-0.39, 0.29) is 85.1 Å². The van der Waals surface area contributed by atoms with E-state index in [4.69, 9.17) is 0 Å². The summed E-state index contributed by atoms with van der Waals surface area (Å²) in [7, 11) is 0. The Morgan fingerprint density at radius 1 is 0.968 bits per heavy atom. The number of nitrogens with zero attached hydrogens (tertiary/aromatic N) is 1. The second kappa shape index (κ2) is 15.1. The lowest BCUT2D eigenvalue weighted by Crippen LogP contribution is -2.42. The van der Waals surface area contributed by atoms with Gasteiger partial charge in [0.1, 0.15) is 5.78 Å². The van der Waals surface area contributed by atoms with E-state index >= 15 is 0 Å². The van der Waals surface area contributed by atoms with Crippen molar-refractivity contribution in [1.82, 2.24) is 20.9 Å². The quantitative estimate of drug-likeness (QED) is 0.380. The van der Waals surface area contributed by atoms with Crippen molar-refractivity contribution in [3.63, 3.8) is 0 Å². The Morgan fingerprint density at radius 3 is 2.03 bits per heavy atom. The summed E-state index contributed by atoms with van der Waals surface area (Å²) >= 11 is 0. The van der Waals surface area contributed by atoms with Crippen LogP contribution in [0.25, 0.3) is 0 Å². The molecule has 0 aliphatic carbocycles. The molecule has 0 bridgehead atoms. The average molecular weight is 447 g/mol. The van der Waals surface area contributed by atoms with Gasteiger partial charge >= 0.3 is 0 Å². The van der Waals surface area contributed by atoms with Gasteiger partial charge in [-0.15, -0.1) is 0 Å². The summed E-state index contributed by atoms with van der Waals surface area (Å²) in [5, 5.41) is 7.32. The third kappa shape index (κ3) is 11.3. The largest absolute Gasteiger partial charge is 0.354 e. The lowest BCUT2D eigenvalue weighted by molar-refractivity contribution is -0.139. The first-order chi connectivity index (χ1) is 14.6. The number of hydrogen-bond donors (Lipinski definition) is 3. The monoisotopic (exact) mass is 446 g/mol. The minimum Gasteiger partial charge on any atom is -0.354 e. The smallest absolute Gasteiger partial charge is 0.239 e. The second-order valence-electron chi connectivity index (χ2n) is 7.37. The Bertz CT molecular complexity index is 677. The van der Waals surface area contributed by atoms with Gasteiger partial charge in [-0.25, -0.2) is 0 Å². The van der Waals surface area contributed by atoms with Crippen LogP contribution in [0.1, 0.15) is 64.6 Å². The average Bonchev–Trinajstić information content (AvgIpc) is 2.97. The van der Waals surface area contributed by atoms with Crippen LogP contribution in [0.3, 0.4) is 0 Å². The molecule has 0 aromatic heterocycles. The molecule has 1 aliphatic heterocycles. The van der Waals surface area contributed by atoms with Gasteiger partial charge in [-0.3, -0.25) is 33.7 Å². The fourth-order valence-corrected chi connectivity index (χ4v) is 2.67. The van der Waals surface area contributed by atoms with Crippen molar-refractivity contribution in [3.8, 4) is 0 Å². The summed E-state index contributed by atoms with van der Waals surface area (Å²) in [4.78, 5) is 71.0. The third-order valence-corrected chi connectivity index (χ3v) is 4.48. The maximum atomic E-state index is 11.8. The van der Waals surface area contributed by atoms with Crippen LogP contribution in [0.4, 0.5) is 0 Å². The molecule has 0 spiro atoms. The first kappa shape index (κ1) is 28.2. The van der Waals surface area contributed by atoms with Crippen molar-refractivity contribution in [3.05, 3.63) is 0 Å². The molecule has 3 N–H and O–H groups in total. The summed E-state index contributed by atoms with van der Waals surface area (Å²) in [6.07, 6.45) is 0.825. The minimum absolute atomic E-state index is 0. The van der Waals surface area contributed by atoms with Gasteiger partial charge in [-0.2, -0.15) is 0 Å². The van der Waals surface area contributed by atoms with E-state index < -0.39 is 11.8 Å². The van der Waals surface area contributed by atoms with Gasteiger partial charge in [0.15, 0.2) is 0 Å². The molecule has 182 valence electrons. The van der Waals surface area contributed by atoms with Crippen molar-refractivity contribution in [2.24, 2.45) is 11.8 Å². The summed E-state index contributed by atoms with van der Waals surface area (Å²) < 4.78 is 0. The molecule has 0 aromatic rings. The molecule has 31 heavy (non-hydrogen) atoms. The van der Waals surface area contributed by atoms with Crippen LogP contribution in [0.2, 0.25) is 0 Å². The zero-order chi connectivity index (χ0) is 24.0. The number of ketones is 1. The van der Waals surface area contributed by atoms with Crippen molar-refractivity contribution >= 4 is 35.3 Å².